The van der Waals surface area contributed by atoms with Gasteiger partial charge in [0.05, 0.1) is 5.69 Å². The van der Waals surface area contributed by atoms with E-state index in [1.807, 2.05) is 68.7 Å². The summed E-state index contributed by atoms with van der Waals surface area (Å²) in [6.45, 7) is 1.62. The van der Waals surface area contributed by atoms with Crippen molar-refractivity contribution in [2.75, 3.05) is 27.2 Å². The van der Waals surface area contributed by atoms with Gasteiger partial charge in [0, 0.05) is 12.7 Å². The zero-order valence-corrected chi connectivity index (χ0v) is 12.0. The van der Waals surface area contributed by atoms with Crippen LogP contribution in [0.15, 0.2) is 48.7 Å². The van der Waals surface area contributed by atoms with Gasteiger partial charge >= 0.3 is 0 Å². The summed E-state index contributed by atoms with van der Waals surface area (Å²) in [7, 11) is 4.07. The second-order valence-electron chi connectivity index (χ2n) is 4.81. The van der Waals surface area contributed by atoms with E-state index >= 15 is 0 Å². The molecule has 0 saturated carbocycles. The highest BCUT2D eigenvalue weighted by molar-refractivity contribution is 5.68. The van der Waals surface area contributed by atoms with Crippen molar-refractivity contribution in [1.29, 1.82) is 0 Å². The molecule has 0 bridgehead atoms. The van der Waals surface area contributed by atoms with E-state index in [0.717, 1.165) is 23.6 Å². The lowest BCUT2D eigenvalue weighted by Gasteiger charge is -2.10. The van der Waals surface area contributed by atoms with Crippen LogP contribution in [-0.4, -0.2) is 37.1 Å². The zero-order chi connectivity index (χ0) is 14.2. The Morgan fingerprint density at radius 1 is 1.05 bits per heavy atom. The molecule has 0 aliphatic carbocycles. The van der Waals surface area contributed by atoms with Crippen LogP contribution in [0.2, 0.25) is 0 Å². The van der Waals surface area contributed by atoms with Gasteiger partial charge in [-0.15, -0.1) is 0 Å². The van der Waals surface area contributed by atoms with E-state index in [-0.39, 0.29) is 0 Å². The first-order chi connectivity index (χ1) is 9.74. The fourth-order valence-corrected chi connectivity index (χ4v) is 1.68. The standard InChI is InChI=1S/C17H20N2O/c1-19(2)13-14-20-17-10-7-15(8-11-17)6-9-16-5-3-4-12-18-16/h3-12H,13-14H2,1-2H3/b9-6+. The van der Waals surface area contributed by atoms with Crippen molar-refractivity contribution < 1.29 is 4.74 Å². The lowest BCUT2D eigenvalue weighted by atomic mass is 10.2. The number of likely N-dealkylation sites (N-methyl/N-ethyl adjacent to an activating group) is 1. The normalized spacial score (nSPS) is 11.2. The lowest BCUT2D eigenvalue weighted by molar-refractivity contribution is 0.261. The lowest BCUT2D eigenvalue weighted by Crippen LogP contribution is -2.19. The van der Waals surface area contributed by atoms with Crippen LogP contribution in [0.5, 0.6) is 5.75 Å². The van der Waals surface area contributed by atoms with Gasteiger partial charge < -0.3 is 9.64 Å². The van der Waals surface area contributed by atoms with Crippen LogP contribution in [0.4, 0.5) is 0 Å². The van der Waals surface area contributed by atoms with Gasteiger partial charge in [0.15, 0.2) is 0 Å². The van der Waals surface area contributed by atoms with Gasteiger partial charge in [0.25, 0.3) is 0 Å². The molecule has 3 nitrogen and oxygen atoms in total. The Morgan fingerprint density at radius 3 is 2.50 bits per heavy atom. The molecular formula is C17H20N2O. The summed E-state index contributed by atoms with van der Waals surface area (Å²) in [5, 5.41) is 0. The summed E-state index contributed by atoms with van der Waals surface area (Å²) in [6.07, 6.45) is 5.84. The van der Waals surface area contributed by atoms with Crippen LogP contribution in [0.25, 0.3) is 12.2 Å². The Balaban J connectivity index is 1.90. The van der Waals surface area contributed by atoms with Crippen molar-refractivity contribution in [3.05, 3.63) is 59.9 Å². The summed E-state index contributed by atoms with van der Waals surface area (Å²) < 4.78 is 5.66. The van der Waals surface area contributed by atoms with E-state index in [0.29, 0.717) is 6.61 Å². The predicted octanol–water partition coefficient (Wildman–Crippen LogP) is 3.19. The number of pyridine rings is 1. The van der Waals surface area contributed by atoms with Crippen LogP contribution in [-0.2, 0) is 0 Å². The van der Waals surface area contributed by atoms with E-state index in [1.54, 1.807) is 6.20 Å². The minimum absolute atomic E-state index is 0.704. The van der Waals surface area contributed by atoms with E-state index in [9.17, 15) is 0 Å². The highest BCUT2D eigenvalue weighted by Crippen LogP contribution is 2.14. The molecule has 3 heteroatoms. The largest absolute Gasteiger partial charge is 0.492 e. The molecule has 1 aromatic heterocycles. The van der Waals surface area contributed by atoms with Gasteiger partial charge in [0.2, 0.25) is 0 Å². The Kier molecular flexibility index (Phi) is 5.33. The first kappa shape index (κ1) is 14.3. The van der Waals surface area contributed by atoms with Crippen LogP contribution in [0.1, 0.15) is 11.3 Å². The van der Waals surface area contributed by atoms with Gasteiger partial charge in [-0.25, -0.2) is 0 Å². The summed E-state index contributed by atoms with van der Waals surface area (Å²) >= 11 is 0. The molecule has 104 valence electrons. The summed E-state index contributed by atoms with van der Waals surface area (Å²) in [5.41, 5.74) is 2.09. The van der Waals surface area contributed by atoms with Crippen LogP contribution in [0, 0.1) is 0 Å². The zero-order valence-electron chi connectivity index (χ0n) is 12.0. The Hall–Kier alpha value is -2.13. The minimum atomic E-state index is 0.704. The monoisotopic (exact) mass is 268 g/mol. The number of ether oxygens (including phenoxy) is 1. The first-order valence-corrected chi connectivity index (χ1v) is 6.71. The molecule has 0 fully saturated rings. The topological polar surface area (TPSA) is 25.4 Å². The molecule has 1 heterocycles. The first-order valence-electron chi connectivity index (χ1n) is 6.71. The van der Waals surface area contributed by atoms with E-state index in [1.165, 1.54) is 0 Å². The van der Waals surface area contributed by atoms with Gasteiger partial charge in [-0.3, -0.25) is 4.98 Å². The summed E-state index contributed by atoms with van der Waals surface area (Å²) in [6, 6.07) is 14.0. The summed E-state index contributed by atoms with van der Waals surface area (Å²) in [5.74, 6) is 0.904. The van der Waals surface area contributed by atoms with Crippen molar-refractivity contribution in [2.24, 2.45) is 0 Å². The SMILES string of the molecule is CN(C)CCOc1ccc(/C=C/c2ccccn2)cc1. The Labute approximate surface area is 120 Å². The molecule has 0 amide bonds. The molecule has 2 aromatic rings. The number of hydrogen-bond donors (Lipinski definition) is 0. The van der Waals surface area contributed by atoms with E-state index in [2.05, 4.69) is 9.88 Å². The number of nitrogens with zero attached hydrogens (tertiary/aromatic N) is 2. The van der Waals surface area contributed by atoms with Gasteiger partial charge in [-0.2, -0.15) is 0 Å². The molecule has 0 saturated heterocycles. The molecule has 20 heavy (non-hydrogen) atoms. The second-order valence-corrected chi connectivity index (χ2v) is 4.81. The summed E-state index contributed by atoms with van der Waals surface area (Å²) in [4.78, 5) is 6.35. The molecule has 0 radical (unpaired) electrons. The van der Waals surface area contributed by atoms with E-state index < -0.39 is 0 Å². The van der Waals surface area contributed by atoms with Crippen LogP contribution < -0.4 is 4.74 Å². The number of benzene rings is 1. The molecule has 1 aromatic carbocycles. The smallest absolute Gasteiger partial charge is 0.119 e. The van der Waals surface area contributed by atoms with Gasteiger partial charge in [-0.05, 0) is 50.0 Å². The number of rotatable bonds is 6. The predicted molar refractivity (Wildman–Crippen MR) is 83.7 cm³/mol. The van der Waals surface area contributed by atoms with Crippen LogP contribution >= 0.6 is 0 Å². The second kappa shape index (κ2) is 7.46. The Morgan fingerprint density at radius 2 is 1.85 bits per heavy atom. The number of hydrogen-bond acceptors (Lipinski definition) is 3. The third-order valence-electron chi connectivity index (χ3n) is 2.82. The average molecular weight is 268 g/mol. The Bertz CT molecular complexity index is 533. The molecule has 0 spiro atoms. The third kappa shape index (κ3) is 4.86. The quantitative estimate of drug-likeness (QED) is 0.804. The maximum atomic E-state index is 5.66. The fourth-order valence-electron chi connectivity index (χ4n) is 1.68. The highest BCUT2D eigenvalue weighted by Gasteiger charge is 1.95. The molecule has 0 N–H and O–H groups in total. The van der Waals surface area contributed by atoms with Crippen molar-refractivity contribution >= 4 is 12.2 Å². The molecule has 2 rings (SSSR count). The molecule has 0 unspecified atom stereocenters. The van der Waals surface area contributed by atoms with Crippen LogP contribution in [0.3, 0.4) is 0 Å². The van der Waals surface area contributed by atoms with E-state index in [4.69, 9.17) is 4.74 Å². The van der Waals surface area contributed by atoms with Crippen molar-refractivity contribution in [3.8, 4) is 5.75 Å². The van der Waals surface area contributed by atoms with Crippen molar-refractivity contribution in [1.82, 2.24) is 9.88 Å². The molecule has 0 atom stereocenters. The van der Waals surface area contributed by atoms with Gasteiger partial charge in [0.1, 0.15) is 12.4 Å². The number of aromatic nitrogens is 1. The fraction of sp³-hybridized carbons (Fsp3) is 0.235. The maximum absolute atomic E-state index is 5.66. The molecule has 0 aliphatic rings. The molecule has 0 aliphatic heterocycles. The average Bonchev–Trinajstić information content (AvgIpc) is 2.47. The molecular weight excluding hydrogens is 248 g/mol. The minimum Gasteiger partial charge on any atom is -0.492 e. The van der Waals surface area contributed by atoms with Crippen molar-refractivity contribution in [2.45, 2.75) is 0 Å². The third-order valence-corrected chi connectivity index (χ3v) is 2.82. The highest BCUT2D eigenvalue weighted by atomic mass is 16.5. The van der Waals surface area contributed by atoms with Gasteiger partial charge in [-0.1, -0.05) is 24.3 Å². The maximum Gasteiger partial charge on any atom is 0.119 e. The van der Waals surface area contributed by atoms with Crippen molar-refractivity contribution in [3.63, 3.8) is 0 Å².